The number of piperidine rings is 1. The van der Waals surface area contributed by atoms with Crippen molar-refractivity contribution in [1.29, 1.82) is 0 Å². The molecule has 0 N–H and O–H groups in total. The average Bonchev–Trinajstić information content (AvgIpc) is 2.60. The summed E-state index contributed by atoms with van der Waals surface area (Å²) in [6.45, 7) is 4.76. The third-order valence-corrected chi connectivity index (χ3v) is 6.72. The Morgan fingerprint density at radius 3 is 2.52 bits per heavy atom. The van der Waals surface area contributed by atoms with Crippen molar-refractivity contribution in [1.82, 2.24) is 9.29 Å². The summed E-state index contributed by atoms with van der Waals surface area (Å²) in [6.07, 6.45) is 4.37. The number of nitrogens with zero attached hydrogens (tertiary/aromatic N) is 2. The van der Waals surface area contributed by atoms with E-state index in [-0.39, 0.29) is 6.10 Å². The summed E-state index contributed by atoms with van der Waals surface area (Å²) in [7, 11) is -3.46. The fourth-order valence-electron chi connectivity index (χ4n) is 2.85. The molecule has 0 saturated carbocycles. The maximum atomic E-state index is 12.8. The van der Waals surface area contributed by atoms with E-state index in [2.05, 4.69) is 4.98 Å². The first-order chi connectivity index (χ1) is 11.9. The highest BCUT2D eigenvalue weighted by atomic mass is 35.5. The van der Waals surface area contributed by atoms with Crippen molar-refractivity contribution >= 4 is 21.6 Å². The molecule has 0 aliphatic carbocycles. The quantitative estimate of drug-likeness (QED) is 0.813. The van der Waals surface area contributed by atoms with Gasteiger partial charge in [0.2, 0.25) is 10.0 Å². The number of hydrogen-bond donors (Lipinski definition) is 0. The molecule has 3 rings (SSSR count). The van der Waals surface area contributed by atoms with Gasteiger partial charge in [-0.25, -0.2) is 8.42 Å². The molecule has 0 spiro atoms. The molecule has 1 aliphatic rings. The number of halogens is 1. The normalized spacial score (nSPS) is 16.8. The molecule has 1 fully saturated rings. The van der Waals surface area contributed by atoms with Crippen molar-refractivity contribution in [2.24, 2.45) is 0 Å². The zero-order valence-electron chi connectivity index (χ0n) is 14.3. The molecule has 1 aromatic heterocycles. The number of sulfonamides is 1. The van der Waals surface area contributed by atoms with Crippen LogP contribution in [0.15, 0.2) is 41.6 Å². The lowest BCUT2D eigenvalue weighted by molar-refractivity contribution is 0.135. The van der Waals surface area contributed by atoms with Gasteiger partial charge >= 0.3 is 0 Å². The van der Waals surface area contributed by atoms with Crippen LogP contribution < -0.4 is 4.74 Å². The monoisotopic (exact) mass is 380 g/mol. The Hall–Kier alpha value is -1.63. The predicted molar refractivity (Wildman–Crippen MR) is 97.6 cm³/mol. The van der Waals surface area contributed by atoms with Crippen LogP contribution in [0.2, 0.25) is 5.02 Å². The van der Waals surface area contributed by atoms with Crippen molar-refractivity contribution in [3.63, 3.8) is 0 Å². The second-order valence-corrected chi connectivity index (χ2v) is 8.62. The molecular formula is C18H21ClN2O3S. The van der Waals surface area contributed by atoms with Gasteiger partial charge < -0.3 is 4.74 Å². The van der Waals surface area contributed by atoms with E-state index in [0.717, 1.165) is 11.1 Å². The molecule has 5 nitrogen and oxygen atoms in total. The Bertz CT molecular complexity index is 862. The number of aryl methyl sites for hydroxylation is 2. The second-order valence-electron chi connectivity index (χ2n) is 6.27. The zero-order valence-corrected chi connectivity index (χ0v) is 15.8. The number of hydrogen-bond acceptors (Lipinski definition) is 4. The maximum Gasteiger partial charge on any atom is 0.243 e. The molecule has 0 unspecified atom stereocenters. The first kappa shape index (κ1) is 18.2. The highest BCUT2D eigenvalue weighted by Gasteiger charge is 2.30. The Kier molecular flexibility index (Phi) is 5.32. The minimum absolute atomic E-state index is 0.0499. The van der Waals surface area contributed by atoms with Crippen LogP contribution in [0.25, 0.3) is 0 Å². The Balaban J connectivity index is 1.67. The van der Waals surface area contributed by atoms with E-state index in [9.17, 15) is 8.42 Å². The van der Waals surface area contributed by atoms with Crippen molar-refractivity contribution in [2.45, 2.75) is 37.7 Å². The molecule has 0 atom stereocenters. The van der Waals surface area contributed by atoms with Gasteiger partial charge in [-0.3, -0.25) is 4.98 Å². The molecule has 2 aromatic rings. The van der Waals surface area contributed by atoms with Gasteiger partial charge in [0.1, 0.15) is 16.9 Å². The van der Waals surface area contributed by atoms with E-state index in [1.165, 1.54) is 10.5 Å². The fraction of sp³-hybridized carbons (Fsp3) is 0.389. The molecule has 1 aromatic carbocycles. The summed E-state index contributed by atoms with van der Waals surface area (Å²) in [5.74, 6) is 0.590. The lowest BCUT2D eigenvalue weighted by Crippen LogP contribution is -2.41. The van der Waals surface area contributed by atoms with Gasteiger partial charge in [0, 0.05) is 31.5 Å². The Morgan fingerprint density at radius 2 is 1.88 bits per heavy atom. The van der Waals surface area contributed by atoms with E-state index in [4.69, 9.17) is 16.3 Å². The van der Waals surface area contributed by atoms with Gasteiger partial charge in [0.25, 0.3) is 0 Å². The smallest absolute Gasteiger partial charge is 0.243 e. The molecule has 0 amide bonds. The Morgan fingerprint density at radius 1 is 1.16 bits per heavy atom. The largest absolute Gasteiger partial charge is 0.489 e. The number of aromatic nitrogens is 1. The van der Waals surface area contributed by atoms with Gasteiger partial charge in [0.15, 0.2) is 0 Å². The van der Waals surface area contributed by atoms with Crippen molar-refractivity contribution in [3.8, 4) is 5.75 Å². The summed E-state index contributed by atoms with van der Waals surface area (Å²) in [6, 6.07) is 6.99. The van der Waals surface area contributed by atoms with Gasteiger partial charge in [0.05, 0.1) is 4.90 Å². The van der Waals surface area contributed by atoms with E-state index in [1.807, 2.05) is 19.9 Å². The van der Waals surface area contributed by atoms with Crippen LogP contribution in [-0.2, 0) is 10.0 Å². The predicted octanol–water partition coefficient (Wildman–Crippen LogP) is 3.58. The summed E-state index contributed by atoms with van der Waals surface area (Å²) >= 11 is 6.06. The molecule has 25 heavy (non-hydrogen) atoms. The number of pyridine rings is 1. The average molecular weight is 381 g/mol. The highest BCUT2D eigenvalue weighted by molar-refractivity contribution is 7.89. The van der Waals surface area contributed by atoms with Crippen LogP contribution >= 0.6 is 11.6 Å². The second kappa shape index (κ2) is 7.32. The number of ether oxygens (including phenoxy) is 1. The van der Waals surface area contributed by atoms with Crippen LogP contribution in [0.4, 0.5) is 0 Å². The molecule has 0 radical (unpaired) electrons. The van der Waals surface area contributed by atoms with Crippen LogP contribution in [0.3, 0.4) is 0 Å². The maximum absolute atomic E-state index is 12.8. The lowest BCUT2D eigenvalue weighted by atomic mass is 10.1. The SMILES string of the molecule is Cc1ccc(S(=O)(=O)N2CCC(Oc3ccncc3Cl)CC2)cc1C. The minimum Gasteiger partial charge on any atom is -0.489 e. The zero-order chi connectivity index (χ0) is 18.0. The van der Waals surface area contributed by atoms with Crippen molar-refractivity contribution in [2.75, 3.05) is 13.1 Å². The first-order valence-corrected chi connectivity index (χ1v) is 10.0. The molecule has 2 heterocycles. The van der Waals surface area contributed by atoms with E-state index >= 15 is 0 Å². The minimum atomic E-state index is -3.46. The first-order valence-electron chi connectivity index (χ1n) is 8.21. The summed E-state index contributed by atoms with van der Waals surface area (Å²) in [5, 5.41) is 0.465. The third-order valence-electron chi connectivity index (χ3n) is 4.55. The molecule has 1 aliphatic heterocycles. The number of rotatable bonds is 4. The van der Waals surface area contributed by atoms with Gasteiger partial charge in [-0.05, 0) is 49.9 Å². The number of benzene rings is 1. The molecule has 1 saturated heterocycles. The van der Waals surface area contributed by atoms with Crippen LogP contribution in [0, 0.1) is 13.8 Å². The van der Waals surface area contributed by atoms with Crippen LogP contribution in [0.5, 0.6) is 5.75 Å². The highest BCUT2D eigenvalue weighted by Crippen LogP contribution is 2.28. The van der Waals surface area contributed by atoms with Crippen LogP contribution in [-0.4, -0.2) is 36.9 Å². The molecular weight excluding hydrogens is 360 g/mol. The summed E-state index contributed by atoms with van der Waals surface area (Å²) < 4.78 is 33.1. The summed E-state index contributed by atoms with van der Waals surface area (Å²) in [5.41, 5.74) is 2.06. The lowest BCUT2D eigenvalue weighted by Gasteiger charge is -2.31. The third kappa shape index (κ3) is 3.97. The van der Waals surface area contributed by atoms with Crippen LogP contribution in [0.1, 0.15) is 24.0 Å². The standard InChI is InChI=1S/C18H21ClN2O3S/c1-13-3-4-16(11-14(13)2)25(22,23)21-9-6-15(7-10-21)24-18-5-8-20-12-17(18)19/h3-5,8,11-12,15H,6-7,9-10H2,1-2H3. The van der Waals surface area contributed by atoms with Gasteiger partial charge in [-0.1, -0.05) is 17.7 Å². The topological polar surface area (TPSA) is 59.5 Å². The van der Waals surface area contributed by atoms with Crippen molar-refractivity contribution in [3.05, 3.63) is 52.8 Å². The van der Waals surface area contributed by atoms with Gasteiger partial charge in [-0.2, -0.15) is 4.31 Å². The Labute approximate surface area is 153 Å². The summed E-state index contributed by atoms with van der Waals surface area (Å²) in [4.78, 5) is 4.28. The molecule has 0 bridgehead atoms. The fourth-order valence-corrected chi connectivity index (χ4v) is 4.57. The van der Waals surface area contributed by atoms with E-state index < -0.39 is 10.0 Å². The molecule has 7 heteroatoms. The van der Waals surface area contributed by atoms with E-state index in [0.29, 0.717) is 41.6 Å². The van der Waals surface area contributed by atoms with Crippen molar-refractivity contribution < 1.29 is 13.2 Å². The van der Waals surface area contributed by atoms with Gasteiger partial charge in [-0.15, -0.1) is 0 Å². The molecule has 134 valence electrons. The van der Waals surface area contributed by atoms with E-state index in [1.54, 1.807) is 24.4 Å².